The van der Waals surface area contributed by atoms with Gasteiger partial charge in [0.2, 0.25) is 0 Å². The van der Waals surface area contributed by atoms with Crippen LogP contribution in [-0.4, -0.2) is 118 Å². The summed E-state index contributed by atoms with van der Waals surface area (Å²) < 4.78 is 18.7. The molecule has 0 saturated heterocycles. The van der Waals surface area contributed by atoms with E-state index in [-0.39, 0.29) is 0 Å². The molecule has 0 amide bonds. The third-order valence-electron chi connectivity index (χ3n) is 2.42. The number of carbonyl (C=O) groups is 5. The van der Waals surface area contributed by atoms with E-state index in [1.54, 1.807) is 59.6 Å². The van der Waals surface area contributed by atoms with E-state index in [0.29, 0.717) is 13.1 Å². The zero-order chi connectivity index (χ0) is 33.6. The Morgan fingerprint density at radius 2 is 0.900 bits per heavy atom. The van der Waals surface area contributed by atoms with Gasteiger partial charge in [-0.2, -0.15) is 0 Å². The first kappa shape index (κ1) is 54.6. The molecule has 0 aliphatic carbocycles. The summed E-state index contributed by atoms with van der Waals surface area (Å²) in [5, 5.41) is 40.1. The number of hydrazine groups is 1. The summed E-state index contributed by atoms with van der Waals surface area (Å²) >= 11 is 1.66. The number of hydrogen-bond acceptors (Lipinski definition) is 13. The normalized spacial score (nSPS) is 8.68. The second kappa shape index (κ2) is 47.4. The molecule has 0 aromatic carbocycles. The van der Waals surface area contributed by atoms with Crippen molar-refractivity contribution in [2.45, 2.75) is 47.1 Å². The van der Waals surface area contributed by atoms with E-state index >= 15 is 0 Å². The van der Waals surface area contributed by atoms with Crippen molar-refractivity contribution in [3.05, 3.63) is 0 Å². The van der Waals surface area contributed by atoms with Crippen LogP contribution in [0, 0.1) is 38.3 Å². The Bertz CT molecular complexity index is 489. The van der Waals surface area contributed by atoms with Crippen LogP contribution in [0.2, 0.25) is 6.04 Å². The zero-order valence-electron chi connectivity index (χ0n) is 24.5. The maximum absolute atomic E-state index is 9.00. The number of carboxylic acids is 5. The maximum Gasteiger partial charge on any atom is 0.00750 e. The Kier molecular flexibility index (Phi) is 64.7. The van der Waals surface area contributed by atoms with E-state index in [9.17, 15) is 0 Å². The van der Waals surface area contributed by atoms with Gasteiger partial charge in [-0.3, -0.25) is 24.0 Å². The van der Waals surface area contributed by atoms with E-state index in [4.69, 9.17) is 74.3 Å². The quantitative estimate of drug-likeness (QED) is 0.0633. The molecule has 0 fully saturated rings. The molecule has 18 nitrogen and oxygen atoms in total. The zero-order valence-corrected chi connectivity index (χ0v) is 27.7. The van der Waals surface area contributed by atoms with Crippen molar-refractivity contribution in [3.8, 4) is 0 Å². The van der Waals surface area contributed by atoms with Gasteiger partial charge in [0.1, 0.15) is 0 Å². The number of hydrogen-bond donors (Lipinski definition) is 10. The van der Waals surface area contributed by atoms with Crippen molar-refractivity contribution in [3.63, 3.8) is 0 Å². The minimum absolute atomic E-state index is 0.694. The van der Waals surface area contributed by atoms with Crippen LogP contribution in [0.5, 0.6) is 0 Å². The predicted molar refractivity (Wildman–Crippen MR) is 145 cm³/mol. The minimum Gasteiger partial charge on any atom is -0.329 e. The monoisotopic (exact) mass is 754 g/mol. The molecule has 0 aliphatic rings. The number of rotatable bonds is 12. The van der Waals surface area contributed by atoms with Gasteiger partial charge >= 0.3 is 108 Å². The maximum atomic E-state index is 9.00. The SMILES string of the molecule is CC(=O)O.CC(=O)O.CC(=O)O.CC(=O)O.CC(=O)O.CO[Si](CCCN[NH][Gd])(OC)OC.NCCNCCN. The van der Waals surface area contributed by atoms with Crippen molar-refractivity contribution >= 4 is 38.7 Å². The molecule has 0 aromatic rings. The Labute approximate surface area is 263 Å². The summed E-state index contributed by atoms with van der Waals surface area (Å²) in [6, 6.07) is 0.828. The van der Waals surface area contributed by atoms with Crippen LogP contribution in [-0.2, 0) is 37.3 Å². The topological polar surface area (TPSA) is 302 Å². The van der Waals surface area contributed by atoms with Gasteiger partial charge in [0, 0.05) is 60.8 Å². The number of nitrogens with one attached hydrogen (secondary N) is 3. The van der Waals surface area contributed by atoms with E-state index in [0.717, 1.165) is 66.7 Å². The first-order valence-electron chi connectivity index (χ1n) is 11.1. The van der Waals surface area contributed by atoms with Gasteiger partial charge in [-0.05, 0) is 0 Å². The van der Waals surface area contributed by atoms with Crippen LogP contribution in [0.15, 0.2) is 0 Å². The summed E-state index contributed by atoms with van der Waals surface area (Å²) in [6.07, 6.45) is 0.965. The van der Waals surface area contributed by atoms with E-state index < -0.39 is 38.7 Å². The van der Waals surface area contributed by atoms with Gasteiger partial charge in [-0.1, -0.05) is 0 Å². The molecule has 0 bridgehead atoms. The molecule has 0 rings (SSSR count). The molecule has 0 heterocycles. The molecule has 0 spiro atoms. The molecule has 20 heteroatoms. The molecular formula is C20H50GdN5O13Si. The average Bonchev–Trinajstić information content (AvgIpc) is 2.79. The largest absolute Gasteiger partial charge is 0.329 e. The van der Waals surface area contributed by atoms with Gasteiger partial charge in [0.25, 0.3) is 29.8 Å². The predicted octanol–water partition coefficient (Wildman–Crippen LogP) is -1.24. The summed E-state index contributed by atoms with van der Waals surface area (Å²) in [6.45, 7) is 9.43. The first-order chi connectivity index (χ1) is 18.3. The Morgan fingerprint density at radius 3 is 1.07 bits per heavy atom. The smallest absolute Gasteiger partial charge is 0.00750 e. The van der Waals surface area contributed by atoms with Gasteiger partial charge in [0.15, 0.2) is 0 Å². The summed E-state index contributed by atoms with van der Waals surface area (Å²) in [7, 11) is 2.56. The van der Waals surface area contributed by atoms with Crippen LogP contribution in [0.4, 0.5) is 0 Å². The van der Waals surface area contributed by atoms with Crippen molar-refractivity contribution in [2.75, 3.05) is 54.1 Å². The first-order valence-corrected chi connectivity index (χ1v) is 14.2. The molecule has 245 valence electrons. The summed E-state index contributed by atoms with van der Waals surface area (Å²) in [5.41, 5.74) is 13.3. The third kappa shape index (κ3) is 134. The van der Waals surface area contributed by atoms with Crippen LogP contribution in [0.25, 0.3) is 0 Å². The van der Waals surface area contributed by atoms with Crippen LogP contribution < -0.4 is 23.8 Å². The third-order valence-corrected chi connectivity index (χ3v) is 5.66. The molecule has 40 heavy (non-hydrogen) atoms. The molecule has 0 aromatic heterocycles. The molecule has 0 atom stereocenters. The van der Waals surface area contributed by atoms with Crippen molar-refractivity contribution in [1.82, 2.24) is 12.4 Å². The fourth-order valence-electron chi connectivity index (χ4n) is 1.32. The molecule has 0 radical (unpaired) electrons. The summed E-state index contributed by atoms with van der Waals surface area (Å²) in [5.74, 6) is -4.17. The number of nitrogens with two attached hydrogens (primary N) is 2. The van der Waals surface area contributed by atoms with Crippen molar-refractivity contribution in [1.29, 1.82) is 0 Å². The summed E-state index contributed by atoms with van der Waals surface area (Å²) in [4.78, 5) is 45.0. The second-order valence-electron chi connectivity index (χ2n) is 6.34. The van der Waals surface area contributed by atoms with Crippen molar-refractivity contribution in [2.24, 2.45) is 11.5 Å². The molecular weight excluding hydrogens is 704 g/mol. The van der Waals surface area contributed by atoms with Crippen molar-refractivity contribution < 1.29 is 101 Å². The Balaban J connectivity index is -0.0000000688. The minimum atomic E-state index is -2.33. The fraction of sp³-hybridized carbons (Fsp3) is 0.750. The standard InChI is InChI=1S/C6H17N2O3Si.C4H13N3.5C2H4O2.Gd/c1-9-12(10-2,11-3)6-4-5-8-7;5-1-3-7-4-2-6;5*1-2(3)4;/h7-8H,4-6H2,1-3H3;7H,1-6H2;5*1H3,(H,3,4);/q-1;;;;;;;+1. The van der Waals surface area contributed by atoms with Gasteiger partial charge in [0.05, 0.1) is 0 Å². The molecule has 0 saturated carbocycles. The Hall–Kier alpha value is -1.43. The van der Waals surface area contributed by atoms with Gasteiger partial charge < -0.3 is 42.3 Å². The van der Waals surface area contributed by atoms with Gasteiger partial charge in [-0.25, -0.2) is 0 Å². The van der Waals surface area contributed by atoms with Gasteiger partial charge in [-0.15, -0.1) is 0 Å². The number of carboxylic acid groups (broad SMARTS) is 5. The fourth-order valence-corrected chi connectivity index (χ4v) is 3.33. The second-order valence-corrected chi connectivity index (χ2v) is 9.99. The molecule has 0 unspecified atom stereocenters. The van der Waals surface area contributed by atoms with Crippen LogP contribution in [0.3, 0.4) is 0 Å². The number of aliphatic carboxylic acids is 5. The van der Waals surface area contributed by atoms with E-state index in [2.05, 4.69) is 12.4 Å². The van der Waals surface area contributed by atoms with Crippen LogP contribution in [0.1, 0.15) is 41.0 Å². The Morgan fingerprint density at radius 1 is 0.650 bits per heavy atom. The van der Waals surface area contributed by atoms with E-state index in [1.165, 1.54) is 0 Å². The molecule has 12 N–H and O–H groups in total. The average molecular weight is 754 g/mol. The van der Waals surface area contributed by atoms with E-state index in [1.807, 2.05) is 0 Å². The molecule has 0 aliphatic heterocycles. The van der Waals surface area contributed by atoms with Crippen LogP contribution >= 0.6 is 0 Å².